The molecule has 4 nitrogen and oxygen atoms in total. The van der Waals surface area contributed by atoms with Crippen LogP contribution in [0.2, 0.25) is 0 Å². The Morgan fingerprint density at radius 1 is 1.27 bits per heavy atom. The van der Waals surface area contributed by atoms with Gasteiger partial charge in [0.15, 0.2) is 0 Å². The van der Waals surface area contributed by atoms with Crippen molar-refractivity contribution in [2.75, 3.05) is 33.5 Å². The van der Waals surface area contributed by atoms with E-state index in [1.54, 1.807) is 18.4 Å². The van der Waals surface area contributed by atoms with Crippen molar-refractivity contribution in [2.24, 2.45) is 0 Å². The van der Waals surface area contributed by atoms with E-state index in [1.165, 1.54) is 0 Å². The molecule has 0 fully saturated rings. The average molecular weight is 385 g/mol. The second kappa shape index (κ2) is 10.1. The molecular weight excluding hydrogens is 364 g/mol. The first-order valence-electron chi connectivity index (χ1n) is 7.27. The second-order valence-electron chi connectivity index (χ2n) is 4.79. The van der Waals surface area contributed by atoms with Crippen LogP contribution in [0.5, 0.6) is 0 Å². The van der Waals surface area contributed by atoms with E-state index in [9.17, 15) is 0 Å². The predicted octanol–water partition coefficient (Wildman–Crippen LogP) is 3.72. The van der Waals surface area contributed by atoms with Gasteiger partial charge in [0.05, 0.1) is 18.9 Å². The van der Waals surface area contributed by atoms with Crippen molar-refractivity contribution in [3.63, 3.8) is 0 Å². The highest BCUT2D eigenvalue weighted by atomic mass is 79.9. The second-order valence-corrected chi connectivity index (χ2v) is 6.56. The molecule has 0 aliphatic heterocycles. The molecule has 22 heavy (non-hydrogen) atoms. The van der Waals surface area contributed by atoms with Gasteiger partial charge < -0.3 is 14.8 Å². The number of halogens is 1. The summed E-state index contributed by atoms with van der Waals surface area (Å²) in [5.41, 5.74) is 2.23. The van der Waals surface area contributed by atoms with E-state index in [-0.39, 0.29) is 0 Å². The maximum absolute atomic E-state index is 5.42. The zero-order valence-corrected chi connectivity index (χ0v) is 15.1. The minimum atomic E-state index is 0.657. The van der Waals surface area contributed by atoms with Crippen LogP contribution >= 0.6 is 27.3 Å². The lowest BCUT2D eigenvalue weighted by Gasteiger charge is -2.04. The summed E-state index contributed by atoms with van der Waals surface area (Å²) in [7, 11) is 1.68. The number of methoxy groups -OCH3 is 1. The molecular formula is C16H21BrN2O2S. The van der Waals surface area contributed by atoms with Gasteiger partial charge in [-0.05, 0) is 25.1 Å². The number of hydrogen-bond donors (Lipinski definition) is 1. The zero-order valence-electron chi connectivity index (χ0n) is 12.7. The number of thiazole rings is 1. The summed E-state index contributed by atoms with van der Waals surface area (Å²) in [5.74, 6) is 0. The van der Waals surface area contributed by atoms with E-state index >= 15 is 0 Å². The molecule has 0 saturated heterocycles. The largest absolute Gasteiger partial charge is 0.382 e. The molecule has 120 valence electrons. The van der Waals surface area contributed by atoms with Gasteiger partial charge in [-0.1, -0.05) is 28.1 Å². The van der Waals surface area contributed by atoms with Gasteiger partial charge in [-0.25, -0.2) is 4.98 Å². The van der Waals surface area contributed by atoms with Gasteiger partial charge in [-0.15, -0.1) is 11.3 Å². The topological polar surface area (TPSA) is 43.4 Å². The minimum absolute atomic E-state index is 0.657. The zero-order chi connectivity index (χ0) is 15.6. The third-order valence-corrected chi connectivity index (χ3v) is 4.44. The molecule has 0 amide bonds. The van der Waals surface area contributed by atoms with E-state index in [4.69, 9.17) is 9.47 Å². The molecule has 0 atom stereocenters. The van der Waals surface area contributed by atoms with E-state index in [0.717, 1.165) is 46.9 Å². The summed E-state index contributed by atoms with van der Waals surface area (Å²) in [6, 6.07) is 8.22. The standard InChI is InChI=1S/C16H21BrN2O2S/c1-20-8-9-21-7-3-6-18-11-15-12-22-16(19-15)13-4-2-5-14(17)10-13/h2,4-5,10,12,18H,3,6-9,11H2,1H3. The molecule has 0 radical (unpaired) electrons. The van der Waals surface area contributed by atoms with Gasteiger partial charge >= 0.3 is 0 Å². The van der Waals surface area contributed by atoms with Crippen LogP contribution in [0.1, 0.15) is 12.1 Å². The van der Waals surface area contributed by atoms with E-state index in [2.05, 4.69) is 43.7 Å². The van der Waals surface area contributed by atoms with Crippen molar-refractivity contribution >= 4 is 27.3 Å². The Morgan fingerprint density at radius 2 is 2.18 bits per heavy atom. The molecule has 1 N–H and O–H groups in total. The summed E-state index contributed by atoms with van der Waals surface area (Å²) >= 11 is 5.17. The average Bonchev–Trinajstić information content (AvgIpc) is 2.99. The minimum Gasteiger partial charge on any atom is -0.382 e. The van der Waals surface area contributed by atoms with Gasteiger partial charge in [0, 0.05) is 35.7 Å². The van der Waals surface area contributed by atoms with Gasteiger partial charge in [-0.2, -0.15) is 0 Å². The van der Waals surface area contributed by atoms with Crippen LogP contribution in [0.15, 0.2) is 34.1 Å². The van der Waals surface area contributed by atoms with Crippen molar-refractivity contribution in [2.45, 2.75) is 13.0 Å². The molecule has 0 saturated carbocycles. The molecule has 0 unspecified atom stereocenters. The molecule has 2 rings (SSSR count). The van der Waals surface area contributed by atoms with Crippen LogP contribution in [-0.4, -0.2) is 38.5 Å². The summed E-state index contributed by atoms with van der Waals surface area (Å²) in [6.07, 6.45) is 0.992. The smallest absolute Gasteiger partial charge is 0.123 e. The van der Waals surface area contributed by atoms with E-state index in [0.29, 0.717) is 13.2 Å². The predicted molar refractivity (Wildman–Crippen MR) is 94.3 cm³/mol. The summed E-state index contributed by atoms with van der Waals surface area (Å²) < 4.78 is 11.4. The molecule has 6 heteroatoms. The molecule has 0 spiro atoms. The summed E-state index contributed by atoms with van der Waals surface area (Å²) in [6.45, 7) is 3.80. The van der Waals surface area contributed by atoms with Crippen molar-refractivity contribution < 1.29 is 9.47 Å². The van der Waals surface area contributed by atoms with Crippen LogP contribution in [0, 0.1) is 0 Å². The number of benzene rings is 1. The first-order chi connectivity index (χ1) is 10.8. The number of nitrogens with zero attached hydrogens (tertiary/aromatic N) is 1. The Labute approximate surface area is 144 Å². The number of nitrogens with one attached hydrogen (secondary N) is 1. The number of ether oxygens (including phenoxy) is 2. The lowest BCUT2D eigenvalue weighted by Crippen LogP contribution is -2.17. The van der Waals surface area contributed by atoms with Crippen LogP contribution < -0.4 is 5.32 Å². The quantitative estimate of drug-likeness (QED) is 0.634. The molecule has 1 aromatic heterocycles. The Bertz CT molecular complexity index is 563. The summed E-state index contributed by atoms with van der Waals surface area (Å²) in [4.78, 5) is 4.67. The van der Waals surface area contributed by atoms with Crippen LogP contribution in [0.3, 0.4) is 0 Å². The van der Waals surface area contributed by atoms with Crippen molar-refractivity contribution in [1.82, 2.24) is 10.3 Å². The van der Waals surface area contributed by atoms with Gasteiger partial charge in [-0.3, -0.25) is 0 Å². The van der Waals surface area contributed by atoms with Gasteiger partial charge in [0.1, 0.15) is 5.01 Å². The van der Waals surface area contributed by atoms with E-state index < -0.39 is 0 Å². The highest BCUT2D eigenvalue weighted by Crippen LogP contribution is 2.26. The Hall–Kier alpha value is -0.790. The Balaban J connectivity index is 1.67. The van der Waals surface area contributed by atoms with Crippen LogP contribution in [0.25, 0.3) is 10.6 Å². The third kappa shape index (κ3) is 6.14. The van der Waals surface area contributed by atoms with Crippen molar-refractivity contribution in [3.05, 3.63) is 39.8 Å². The van der Waals surface area contributed by atoms with E-state index in [1.807, 2.05) is 12.1 Å². The Kier molecular flexibility index (Phi) is 8.04. The number of rotatable bonds is 10. The van der Waals surface area contributed by atoms with Crippen molar-refractivity contribution in [3.8, 4) is 10.6 Å². The normalized spacial score (nSPS) is 11.0. The third-order valence-electron chi connectivity index (χ3n) is 3.00. The van der Waals surface area contributed by atoms with Crippen LogP contribution in [-0.2, 0) is 16.0 Å². The number of hydrogen-bond acceptors (Lipinski definition) is 5. The Morgan fingerprint density at radius 3 is 3.00 bits per heavy atom. The van der Waals surface area contributed by atoms with Crippen LogP contribution in [0.4, 0.5) is 0 Å². The van der Waals surface area contributed by atoms with Crippen molar-refractivity contribution in [1.29, 1.82) is 0 Å². The SMILES string of the molecule is COCCOCCCNCc1csc(-c2cccc(Br)c2)n1. The maximum atomic E-state index is 5.42. The number of aromatic nitrogens is 1. The first-order valence-corrected chi connectivity index (χ1v) is 8.94. The highest BCUT2D eigenvalue weighted by molar-refractivity contribution is 9.10. The monoisotopic (exact) mass is 384 g/mol. The molecule has 0 aliphatic rings. The molecule has 0 aliphatic carbocycles. The fraction of sp³-hybridized carbons (Fsp3) is 0.438. The highest BCUT2D eigenvalue weighted by Gasteiger charge is 2.04. The first kappa shape index (κ1) is 17.6. The molecule has 2 aromatic rings. The fourth-order valence-electron chi connectivity index (χ4n) is 1.90. The molecule has 1 aromatic carbocycles. The van der Waals surface area contributed by atoms with Gasteiger partial charge in [0.2, 0.25) is 0 Å². The molecule has 1 heterocycles. The molecule has 0 bridgehead atoms. The summed E-state index contributed by atoms with van der Waals surface area (Å²) in [5, 5.41) is 6.56. The lowest BCUT2D eigenvalue weighted by molar-refractivity contribution is 0.0694. The maximum Gasteiger partial charge on any atom is 0.123 e. The fourth-order valence-corrected chi connectivity index (χ4v) is 3.12. The van der Waals surface area contributed by atoms with Gasteiger partial charge in [0.25, 0.3) is 0 Å². The lowest BCUT2D eigenvalue weighted by atomic mass is 10.2.